The number of amides is 1. The number of nitrogens with one attached hydrogen (secondary N) is 2. The van der Waals surface area contributed by atoms with Gasteiger partial charge in [-0.05, 0) is 43.0 Å². The van der Waals surface area contributed by atoms with Crippen molar-refractivity contribution in [3.63, 3.8) is 0 Å². The van der Waals surface area contributed by atoms with Gasteiger partial charge >= 0.3 is 0 Å². The van der Waals surface area contributed by atoms with Crippen LogP contribution in [0.15, 0.2) is 18.2 Å². The fourth-order valence-corrected chi connectivity index (χ4v) is 2.51. The summed E-state index contributed by atoms with van der Waals surface area (Å²) >= 11 is 1.95. The average Bonchev–Trinajstić information content (AvgIpc) is 2.40. The van der Waals surface area contributed by atoms with Crippen molar-refractivity contribution >= 4 is 29.0 Å². The van der Waals surface area contributed by atoms with Crippen molar-refractivity contribution < 1.29 is 9.53 Å². The zero-order chi connectivity index (χ0) is 13.7. The van der Waals surface area contributed by atoms with Gasteiger partial charge in [0, 0.05) is 12.2 Å². The molecule has 1 amide bonds. The SMILES string of the molecule is CCSCCCNc1ccc2c(c1)NC(=O)C(C)O2. The Kier molecular flexibility index (Phi) is 4.96. The van der Waals surface area contributed by atoms with Crippen LogP contribution in [-0.2, 0) is 4.79 Å². The maximum absolute atomic E-state index is 11.5. The lowest BCUT2D eigenvalue weighted by atomic mass is 10.2. The Hall–Kier alpha value is -1.36. The third kappa shape index (κ3) is 3.80. The van der Waals surface area contributed by atoms with Gasteiger partial charge in [0.15, 0.2) is 6.10 Å². The summed E-state index contributed by atoms with van der Waals surface area (Å²) in [6, 6.07) is 5.80. The maximum Gasteiger partial charge on any atom is 0.265 e. The number of hydrogen-bond acceptors (Lipinski definition) is 4. The molecule has 0 saturated heterocycles. The molecule has 1 unspecified atom stereocenters. The zero-order valence-corrected chi connectivity index (χ0v) is 12.2. The average molecular weight is 280 g/mol. The first-order chi connectivity index (χ1) is 9.20. The van der Waals surface area contributed by atoms with Crippen LogP contribution in [0.2, 0.25) is 0 Å². The predicted molar refractivity (Wildman–Crippen MR) is 81.3 cm³/mol. The molecular weight excluding hydrogens is 260 g/mol. The summed E-state index contributed by atoms with van der Waals surface area (Å²) in [5.41, 5.74) is 1.76. The van der Waals surface area contributed by atoms with E-state index < -0.39 is 6.10 Å². The molecule has 5 heteroatoms. The molecule has 2 N–H and O–H groups in total. The zero-order valence-electron chi connectivity index (χ0n) is 11.4. The molecule has 0 saturated carbocycles. The lowest BCUT2D eigenvalue weighted by Gasteiger charge is -2.23. The summed E-state index contributed by atoms with van der Waals surface area (Å²) < 4.78 is 5.51. The van der Waals surface area contributed by atoms with Crippen LogP contribution < -0.4 is 15.4 Å². The van der Waals surface area contributed by atoms with Crippen molar-refractivity contribution in [2.24, 2.45) is 0 Å². The van der Waals surface area contributed by atoms with Crippen molar-refractivity contribution in [1.29, 1.82) is 0 Å². The molecule has 1 aromatic carbocycles. The third-order valence-corrected chi connectivity index (χ3v) is 3.89. The summed E-state index contributed by atoms with van der Waals surface area (Å²) in [6.45, 7) is 4.86. The molecule has 0 fully saturated rings. The highest BCUT2D eigenvalue weighted by molar-refractivity contribution is 7.99. The van der Waals surface area contributed by atoms with Crippen LogP contribution in [0.5, 0.6) is 5.75 Å². The van der Waals surface area contributed by atoms with Gasteiger partial charge in [0.2, 0.25) is 0 Å². The van der Waals surface area contributed by atoms with Crippen LogP contribution in [0.25, 0.3) is 0 Å². The van der Waals surface area contributed by atoms with E-state index in [1.165, 1.54) is 11.5 Å². The highest BCUT2D eigenvalue weighted by Crippen LogP contribution is 2.32. The second-order valence-electron chi connectivity index (χ2n) is 4.44. The molecule has 2 rings (SSSR count). The molecule has 1 atom stereocenters. The minimum atomic E-state index is -0.419. The lowest BCUT2D eigenvalue weighted by Crippen LogP contribution is -2.34. The van der Waals surface area contributed by atoms with Gasteiger partial charge in [0.25, 0.3) is 5.91 Å². The minimum Gasteiger partial charge on any atom is -0.479 e. The van der Waals surface area contributed by atoms with Gasteiger partial charge in [-0.1, -0.05) is 6.92 Å². The Morgan fingerprint density at radius 2 is 2.32 bits per heavy atom. The Bertz CT molecular complexity index is 451. The van der Waals surface area contributed by atoms with Crippen molar-refractivity contribution in [3.8, 4) is 5.75 Å². The molecule has 1 heterocycles. The van der Waals surface area contributed by atoms with Gasteiger partial charge < -0.3 is 15.4 Å². The topological polar surface area (TPSA) is 50.4 Å². The second-order valence-corrected chi connectivity index (χ2v) is 5.83. The number of benzene rings is 1. The molecule has 4 nitrogen and oxygen atoms in total. The van der Waals surface area contributed by atoms with Gasteiger partial charge in [0.1, 0.15) is 5.75 Å². The Morgan fingerprint density at radius 3 is 3.11 bits per heavy atom. The van der Waals surface area contributed by atoms with Crippen LogP contribution in [0, 0.1) is 0 Å². The summed E-state index contributed by atoms with van der Waals surface area (Å²) in [6.07, 6.45) is 0.715. The molecular formula is C14H20N2O2S. The van der Waals surface area contributed by atoms with E-state index in [0.29, 0.717) is 0 Å². The number of rotatable bonds is 6. The number of fused-ring (bicyclic) bond motifs is 1. The minimum absolute atomic E-state index is 0.0935. The van der Waals surface area contributed by atoms with E-state index in [-0.39, 0.29) is 5.91 Å². The fourth-order valence-electron chi connectivity index (χ4n) is 1.87. The van der Waals surface area contributed by atoms with E-state index in [2.05, 4.69) is 17.6 Å². The molecule has 1 aromatic rings. The van der Waals surface area contributed by atoms with Gasteiger partial charge in [0.05, 0.1) is 5.69 Å². The van der Waals surface area contributed by atoms with Crippen molar-refractivity contribution in [2.75, 3.05) is 28.7 Å². The first-order valence-electron chi connectivity index (χ1n) is 6.64. The Morgan fingerprint density at radius 1 is 1.47 bits per heavy atom. The summed E-state index contributed by atoms with van der Waals surface area (Å²) in [5.74, 6) is 2.98. The summed E-state index contributed by atoms with van der Waals surface area (Å²) in [5, 5.41) is 6.21. The van der Waals surface area contributed by atoms with Gasteiger partial charge in [-0.2, -0.15) is 11.8 Å². The monoisotopic (exact) mass is 280 g/mol. The third-order valence-electron chi connectivity index (χ3n) is 2.91. The van der Waals surface area contributed by atoms with Crippen LogP contribution in [0.3, 0.4) is 0 Å². The number of ether oxygens (including phenoxy) is 1. The summed E-state index contributed by atoms with van der Waals surface area (Å²) in [7, 11) is 0. The van der Waals surface area contributed by atoms with E-state index >= 15 is 0 Å². The standard InChI is InChI=1S/C14H20N2O2S/c1-3-19-8-4-7-15-11-5-6-13-12(9-11)16-14(17)10(2)18-13/h5-6,9-10,15H,3-4,7-8H2,1-2H3,(H,16,17). The molecule has 0 spiro atoms. The highest BCUT2D eigenvalue weighted by atomic mass is 32.2. The van der Waals surface area contributed by atoms with E-state index in [0.717, 1.165) is 30.1 Å². The number of thioether (sulfide) groups is 1. The first kappa shape index (κ1) is 14.1. The smallest absolute Gasteiger partial charge is 0.265 e. The number of hydrogen-bond donors (Lipinski definition) is 2. The van der Waals surface area contributed by atoms with Gasteiger partial charge in [-0.15, -0.1) is 0 Å². The van der Waals surface area contributed by atoms with E-state index in [4.69, 9.17) is 4.74 Å². The molecule has 0 aromatic heterocycles. The van der Waals surface area contributed by atoms with Gasteiger partial charge in [-0.3, -0.25) is 4.79 Å². The number of anilines is 2. The van der Waals surface area contributed by atoms with Crippen LogP contribution in [0.1, 0.15) is 20.3 Å². The number of carbonyl (C=O) groups is 1. The molecule has 1 aliphatic rings. The molecule has 0 bridgehead atoms. The van der Waals surface area contributed by atoms with Crippen LogP contribution >= 0.6 is 11.8 Å². The van der Waals surface area contributed by atoms with Crippen LogP contribution in [-0.4, -0.2) is 30.1 Å². The molecule has 0 radical (unpaired) electrons. The normalized spacial score (nSPS) is 17.4. The van der Waals surface area contributed by atoms with E-state index in [1.807, 2.05) is 30.0 Å². The number of carbonyl (C=O) groups excluding carboxylic acids is 1. The molecule has 0 aliphatic carbocycles. The second kappa shape index (κ2) is 6.70. The van der Waals surface area contributed by atoms with Crippen molar-refractivity contribution in [3.05, 3.63) is 18.2 Å². The predicted octanol–water partition coefficient (Wildman–Crippen LogP) is 2.96. The lowest BCUT2D eigenvalue weighted by molar-refractivity contribution is -0.122. The van der Waals surface area contributed by atoms with E-state index in [9.17, 15) is 4.79 Å². The maximum atomic E-state index is 11.5. The quantitative estimate of drug-likeness (QED) is 0.787. The molecule has 1 aliphatic heterocycles. The molecule has 104 valence electrons. The van der Waals surface area contributed by atoms with Crippen molar-refractivity contribution in [1.82, 2.24) is 0 Å². The summed E-state index contributed by atoms with van der Waals surface area (Å²) in [4.78, 5) is 11.5. The fraction of sp³-hybridized carbons (Fsp3) is 0.500. The Labute approximate surface area is 118 Å². The largest absolute Gasteiger partial charge is 0.479 e. The van der Waals surface area contributed by atoms with Gasteiger partial charge in [-0.25, -0.2) is 0 Å². The van der Waals surface area contributed by atoms with Crippen molar-refractivity contribution in [2.45, 2.75) is 26.4 Å². The first-order valence-corrected chi connectivity index (χ1v) is 7.79. The Balaban J connectivity index is 1.90. The highest BCUT2D eigenvalue weighted by Gasteiger charge is 2.23. The van der Waals surface area contributed by atoms with Crippen LogP contribution in [0.4, 0.5) is 11.4 Å². The van der Waals surface area contributed by atoms with E-state index in [1.54, 1.807) is 6.92 Å². The molecule has 19 heavy (non-hydrogen) atoms.